The van der Waals surface area contributed by atoms with Crippen LogP contribution in [-0.4, -0.2) is 23.7 Å². The summed E-state index contributed by atoms with van der Waals surface area (Å²) in [6.45, 7) is 0.981. The topological polar surface area (TPSA) is 103 Å². The molecule has 1 atom stereocenters. The number of benzene rings is 1. The SMILES string of the molecule is COc1ccc([C@H](C[N+](=O)[O-])c2c(O)cc(C)oc2=O)cc1. The van der Waals surface area contributed by atoms with E-state index in [-0.39, 0.29) is 17.1 Å². The molecule has 0 saturated heterocycles. The fourth-order valence-electron chi connectivity index (χ4n) is 2.27. The van der Waals surface area contributed by atoms with Crippen LogP contribution >= 0.6 is 0 Å². The molecule has 0 saturated carbocycles. The summed E-state index contributed by atoms with van der Waals surface area (Å²) >= 11 is 0. The number of hydrogen-bond acceptors (Lipinski definition) is 6. The Morgan fingerprint density at radius 1 is 1.36 bits per heavy atom. The zero-order chi connectivity index (χ0) is 16.3. The summed E-state index contributed by atoms with van der Waals surface area (Å²) in [7, 11) is 1.50. The van der Waals surface area contributed by atoms with Crippen molar-refractivity contribution < 1.29 is 19.2 Å². The number of rotatable bonds is 5. The molecule has 0 bridgehead atoms. The third-order valence-corrected chi connectivity index (χ3v) is 3.29. The number of methoxy groups -OCH3 is 1. The van der Waals surface area contributed by atoms with E-state index in [9.17, 15) is 20.0 Å². The van der Waals surface area contributed by atoms with Gasteiger partial charge in [0.2, 0.25) is 6.54 Å². The Hall–Kier alpha value is -2.83. The average Bonchev–Trinajstić information content (AvgIpc) is 2.45. The second kappa shape index (κ2) is 6.30. The number of aromatic hydroxyl groups is 1. The van der Waals surface area contributed by atoms with Gasteiger partial charge < -0.3 is 14.3 Å². The van der Waals surface area contributed by atoms with Gasteiger partial charge in [0.15, 0.2) is 0 Å². The van der Waals surface area contributed by atoms with Gasteiger partial charge in [-0.1, -0.05) is 12.1 Å². The predicted octanol–water partition coefficient (Wildman–Crippen LogP) is 2.07. The van der Waals surface area contributed by atoms with Crippen LogP contribution < -0.4 is 10.4 Å². The molecule has 1 aromatic heterocycles. The third-order valence-electron chi connectivity index (χ3n) is 3.29. The molecule has 0 amide bonds. The molecule has 0 unspecified atom stereocenters. The highest BCUT2D eigenvalue weighted by Crippen LogP contribution is 2.30. The normalized spacial score (nSPS) is 11.9. The van der Waals surface area contributed by atoms with E-state index in [1.54, 1.807) is 24.3 Å². The fraction of sp³-hybridized carbons (Fsp3) is 0.267. The minimum atomic E-state index is -0.905. The lowest BCUT2D eigenvalue weighted by Crippen LogP contribution is -2.21. The van der Waals surface area contributed by atoms with Crippen LogP contribution in [0.5, 0.6) is 11.5 Å². The summed E-state index contributed by atoms with van der Waals surface area (Å²) in [5, 5.41) is 20.9. The first-order chi connectivity index (χ1) is 10.4. The van der Waals surface area contributed by atoms with Crippen LogP contribution in [-0.2, 0) is 0 Å². The molecular formula is C15H15NO6. The molecule has 2 rings (SSSR count). The molecule has 116 valence electrons. The molecule has 22 heavy (non-hydrogen) atoms. The number of nitro groups is 1. The summed E-state index contributed by atoms with van der Waals surface area (Å²) < 4.78 is 9.99. The van der Waals surface area contributed by atoms with Gasteiger partial charge in [-0.3, -0.25) is 10.1 Å². The van der Waals surface area contributed by atoms with Crippen molar-refractivity contribution in [3.05, 3.63) is 67.8 Å². The van der Waals surface area contributed by atoms with Crippen LogP contribution in [0.25, 0.3) is 0 Å². The molecule has 7 nitrogen and oxygen atoms in total. The first-order valence-electron chi connectivity index (χ1n) is 6.51. The smallest absolute Gasteiger partial charge is 0.343 e. The van der Waals surface area contributed by atoms with Crippen molar-refractivity contribution in [1.82, 2.24) is 0 Å². The monoisotopic (exact) mass is 305 g/mol. The van der Waals surface area contributed by atoms with Crippen LogP contribution in [0.3, 0.4) is 0 Å². The van der Waals surface area contributed by atoms with Gasteiger partial charge in [0.05, 0.1) is 18.6 Å². The van der Waals surface area contributed by atoms with Gasteiger partial charge in [0.1, 0.15) is 17.3 Å². The van der Waals surface area contributed by atoms with E-state index in [0.717, 1.165) is 0 Å². The highest BCUT2D eigenvalue weighted by atomic mass is 16.6. The van der Waals surface area contributed by atoms with Crippen molar-refractivity contribution in [2.24, 2.45) is 0 Å². The number of aryl methyl sites for hydroxylation is 1. The first kappa shape index (κ1) is 15.6. The molecule has 0 fully saturated rings. The number of nitrogens with zero attached hydrogens (tertiary/aromatic N) is 1. The summed E-state index contributed by atoms with van der Waals surface area (Å²) in [6.07, 6.45) is 0. The van der Waals surface area contributed by atoms with Gasteiger partial charge in [-0.15, -0.1) is 0 Å². The van der Waals surface area contributed by atoms with Crippen molar-refractivity contribution >= 4 is 0 Å². The van der Waals surface area contributed by atoms with E-state index in [1.165, 1.54) is 20.1 Å². The average molecular weight is 305 g/mol. The van der Waals surface area contributed by atoms with Crippen molar-refractivity contribution in [1.29, 1.82) is 0 Å². The summed E-state index contributed by atoms with van der Waals surface area (Å²) in [5.74, 6) is -0.390. The molecule has 7 heteroatoms. The molecule has 0 aliphatic heterocycles. The molecule has 0 radical (unpaired) electrons. The summed E-state index contributed by atoms with van der Waals surface area (Å²) in [5.41, 5.74) is -0.378. The maximum atomic E-state index is 12.0. The van der Waals surface area contributed by atoms with Gasteiger partial charge in [-0.2, -0.15) is 0 Å². The molecular weight excluding hydrogens is 290 g/mol. The van der Waals surface area contributed by atoms with Gasteiger partial charge in [0, 0.05) is 11.0 Å². The quantitative estimate of drug-likeness (QED) is 0.670. The van der Waals surface area contributed by atoms with Gasteiger partial charge in [-0.25, -0.2) is 4.79 Å². The molecule has 0 spiro atoms. The summed E-state index contributed by atoms with van der Waals surface area (Å²) in [6, 6.07) is 7.77. The lowest BCUT2D eigenvalue weighted by Gasteiger charge is -2.14. The molecule has 1 heterocycles. The van der Waals surface area contributed by atoms with Crippen molar-refractivity contribution in [2.45, 2.75) is 12.8 Å². The minimum Gasteiger partial charge on any atom is -0.507 e. The second-order valence-electron chi connectivity index (χ2n) is 4.78. The van der Waals surface area contributed by atoms with Crippen molar-refractivity contribution in [3.63, 3.8) is 0 Å². The van der Waals surface area contributed by atoms with E-state index in [4.69, 9.17) is 9.15 Å². The van der Waals surface area contributed by atoms with Crippen LogP contribution in [0.1, 0.15) is 22.8 Å². The van der Waals surface area contributed by atoms with Crippen LogP contribution in [0.15, 0.2) is 39.5 Å². The lowest BCUT2D eigenvalue weighted by molar-refractivity contribution is -0.481. The summed E-state index contributed by atoms with van der Waals surface area (Å²) in [4.78, 5) is 22.4. The highest BCUT2D eigenvalue weighted by molar-refractivity contribution is 5.41. The Balaban J connectivity index is 2.55. The Morgan fingerprint density at radius 3 is 2.50 bits per heavy atom. The second-order valence-corrected chi connectivity index (χ2v) is 4.78. The largest absolute Gasteiger partial charge is 0.507 e. The predicted molar refractivity (Wildman–Crippen MR) is 78.1 cm³/mol. The van der Waals surface area contributed by atoms with Crippen LogP contribution in [0.4, 0.5) is 0 Å². The standard InChI is InChI=1S/C15H15NO6/c1-9-7-13(17)14(15(18)22-9)12(8-16(19)20)10-3-5-11(21-2)6-4-10/h3-7,12,17H,8H2,1-2H3/t12-/m0/s1. The zero-order valence-corrected chi connectivity index (χ0v) is 12.1. The van der Waals surface area contributed by atoms with E-state index in [1.807, 2.05) is 0 Å². The maximum Gasteiger partial charge on any atom is 0.343 e. The number of hydrogen-bond donors (Lipinski definition) is 1. The Bertz CT molecular complexity index is 735. The van der Waals surface area contributed by atoms with Crippen LogP contribution in [0, 0.1) is 17.0 Å². The van der Waals surface area contributed by atoms with E-state index >= 15 is 0 Å². The molecule has 1 aromatic carbocycles. The fourth-order valence-corrected chi connectivity index (χ4v) is 2.27. The van der Waals surface area contributed by atoms with Crippen molar-refractivity contribution in [3.8, 4) is 11.5 Å². The van der Waals surface area contributed by atoms with E-state index in [0.29, 0.717) is 11.3 Å². The molecule has 2 aromatic rings. The number of ether oxygens (including phenoxy) is 1. The molecule has 1 N–H and O–H groups in total. The highest BCUT2D eigenvalue weighted by Gasteiger charge is 2.27. The zero-order valence-electron chi connectivity index (χ0n) is 12.1. The molecule has 0 aliphatic carbocycles. The lowest BCUT2D eigenvalue weighted by atomic mass is 9.91. The maximum absolute atomic E-state index is 12.0. The van der Waals surface area contributed by atoms with Gasteiger partial charge in [-0.05, 0) is 24.6 Å². The molecule has 0 aliphatic rings. The van der Waals surface area contributed by atoms with Gasteiger partial charge >= 0.3 is 5.63 Å². The van der Waals surface area contributed by atoms with Crippen molar-refractivity contribution in [2.75, 3.05) is 13.7 Å². The van der Waals surface area contributed by atoms with Crippen LogP contribution in [0.2, 0.25) is 0 Å². The van der Waals surface area contributed by atoms with E-state index in [2.05, 4.69) is 0 Å². The Labute approximate surface area is 125 Å². The van der Waals surface area contributed by atoms with E-state index < -0.39 is 23.0 Å². The Morgan fingerprint density at radius 2 is 2.00 bits per heavy atom. The first-order valence-corrected chi connectivity index (χ1v) is 6.51. The Kier molecular flexibility index (Phi) is 4.45. The third kappa shape index (κ3) is 3.25. The minimum absolute atomic E-state index is 0.118. The van der Waals surface area contributed by atoms with Gasteiger partial charge in [0.25, 0.3) is 0 Å².